The summed E-state index contributed by atoms with van der Waals surface area (Å²) in [5.74, 6) is 2.55. The summed E-state index contributed by atoms with van der Waals surface area (Å²) >= 11 is 0. The molecule has 29 heavy (non-hydrogen) atoms. The van der Waals surface area contributed by atoms with Crippen LogP contribution in [-0.4, -0.2) is 40.4 Å². The Morgan fingerprint density at radius 2 is 1.69 bits per heavy atom. The van der Waals surface area contributed by atoms with Gasteiger partial charge in [0, 0.05) is 11.6 Å². The van der Waals surface area contributed by atoms with Gasteiger partial charge in [0.15, 0.2) is 11.5 Å². The van der Waals surface area contributed by atoms with Gasteiger partial charge < -0.3 is 24.3 Å². The Morgan fingerprint density at radius 1 is 0.966 bits per heavy atom. The Hall–Kier alpha value is -3.15. The van der Waals surface area contributed by atoms with E-state index in [9.17, 15) is 4.79 Å². The van der Waals surface area contributed by atoms with E-state index in [-0.39, 0.29) is 5.91 Å². The quantitative estimate of drug-likeness (QED) is 0.482. The Bertz CT molecular complexity index is 845. The lowest BCUT2D eigenvalue weighted by molar-refractivity contribution is -0.116. The van der Waals surface area contributed by atoms with Crippen molar-refractivity contribution in [3.8, 4) is 23.0 Å². The molecule has 0 saturated carbocycles. The van der Waals surface area contributed by atoms with Crippen LogP contribution in [0.15, 0.2) is 42.5 Å². The largest absolute Gasteiger partial charge is 0.493 e. The van der Waals surface area contributed by atoms with Crippen molar-refractivity contribution in [2.75, 3.05) is 34.5 Å². The van der Waals surface area contributed by atoms with Gasteiger partial charge >= 0.3 is 0 Å². The third-order valence-corrected chi connectivity index (χ3v) is 4.35. The molecule has 0 bridgehead atoms. The van der Waals surface area contributed by atoms with Gasteiger partial charge in [-0.15, -0.1) is 0 Å². The maximum Gasteiger partial charge on any atom is 0.244 e. The second-order valence-corrected chi connectivity index (χ2v) is 6.59. The van der Waals surface area contributed by atoms with Crippen LogP contribution in [-0.2, 0) is 4.79 Å². The van der Waals surface area contributed by atoms with Gasteiger partial charge in [0.2, 0.25) is 11.7 Å². The van der Waals surface area contributed by atoms with Crippen LogP contribution in [0, 0.1) is 0 Å². The minimum absolute atomic E-state index is 0.220. The molecule has 0 heterocycles. The van der Waals surface area contributed by atoms with Gasteiger partial charge in [-0.2, -0.15) is 0 Å². The highest BCUT2D eigenvalue weighted by Gasteiger charge is 2.14. The fraction of sp³-hybridized carbons (Fsp3) is 0.348. The average Bonchev–Trinajstić information content (AvgIpc) is 2.74. The lowest BCUT2D eigenvalue weighted by Crippen LogP contribution is -2.26. The van der Waals surface area contributed by atoms with E-state index in [1.54, 1.807) is 32.4 Å². The molecular formula is C23H29NO5. The molecular weight excluding hydrogens is 370 g/mol. The molecule has 0 unspecified atom stereocenters. The maximum atomic E-state index is 12.1. The molecule has 0 saturated heterocycles. The number of hydrogen-bond donors (Lipinski definition) is 1. The summed E-state index contributed by atoms with van der Waals surface area (Å²) in [5.41, 5.74) is 1.86. The van der Waals surface area contributed by atoms with Crippen molar-refractivity contribution >= 4 is 12.0 Å². The smallest absolute Gasteiger partial charge is 0.244 e. The molecule has 0 atom stereocenters. The zero-order valence-electron chi connectivity index (χ0n) is 17.7. The number of amides is 1. The van der Waals surface area contributed by atoms with Crippen LogP contribution in [0.3, 0.4) is 0 Å². The van der Waals surface area contributed by atoms with Crippen LogP contribution in [0.25, 0.3) is 6.08 Å². The van der Waals surface area contributed by atoms with Crippen molar-refractivity contribution in [3.05, 3.63) is 53.6 Å². The van der Waals surface area contributed by atoms with Crippen LogP contribution in [0.5, 0.6) is 23.0 Å². The van der Waals surface area contributed by atoms with E-state index in [4.69, 9.17) is 18.9 Å². The SMILES string of the molecule is COc1ccc(/C=C/C(=O)NCCOc2ccccc2C(C)C)c(OC)c1OC. The van der Waals surface area contributed by atoms with Gasteiger partial charge in [-0.25, -0.2) is 0 Å². The molecule has 0 aromatic heterocycles. The van der Waals surface area contributed by atoms with E-state index in [0.29, 0.717) is 41.9 Å². The standard InChI is InChI=1S/C23H29NO5/c1-16(2)18-8-6-7-9-19(18)29-15-14-24-21(25)13-11-17-10-12-20(26-3)23(28-5)22(17)27-4/h6-13,16H,14-15H2,1-5H3,(H,24,25)/b13-11+. The van der Waals surface area contributed by atoms with Crippen molar-refractivity contribution in [3.63, 3.8) is 0 Å². The van der Waals surface area contributed by atoms with Crippen LogP contribution in [0.2, 0.25) is 0 Å². The number of rotatable bonds is 10. The van der Waals surface area contributed by atoms with Gasteiger partial charge in [0.25, 0.3) is 0 Å². The van der Waals surface area contributed by atoms with Crippen LogP contribution >= 0.6 is 0 Å². The van der Waals surface area contributed by atoms with Gasteiger partial charge in [0.1, 0.15) is 12.4 Å². The predicted molar refractivity (Wildman–Crippen MR) is 114 cm³/mol. The van der Waals surface area contributed by atoms with Crippen LogP contribution in [0.4, 0.5) is 0 Å². The summed E-state index contributed by atoms with van der Waals surface area (Å²) in [7, 11) is 4.64. The Labute approximate surface area is 172 Å². The molecule has 0 aliphatic carbocycles. The van der Waals surface area contributed by atoms with Gasteiger partial charge in [-0.1, -0.05) is 32.0 Å². The fourth-order valence-electron chi connectivity index (χ4n) is 2.90. The summed E-state index contributed by atoms with van der Waals surface area (Å²) < 4.78 is 21.8. The van der Waals surface area contributed by atoms with Gasteiger partial charge in [-0.05, 0) is 35.8 Å². The van der Waals surface area contributed by atoms with Crippen LogP contribution < -0.4 is 24.3 Å². The topological polar surface area (TPSA) is 66.0 Å². The molecule has 1 amide bonds. The Balaban J connectivity index is 1.92. The highest BCUT2D eigenvalue weighted by molar-refractivity contribution is 5.92. The lowest BCUT2D eigenvalue weighted by Gasteiger charge is -2.14. The second kappa shape index (κ2) is 11.0. The van der Waals surface area contributed by atoms with E-state index < -0.39 is 0 Å². The number of ether oxygens (including phenoxy) is 4. The van der Waals surface area contributed by atoms with Crippen molar-refractivity contribution in [2.24, 2.45) is 0 Å². The Morgan fingerprint density at radius 3 is 2.34 bits per heavy atom. The highest BCUT2D eigenvalue weighted by atomic mass is 16.5. The van der Waals surface area contributed by atoms with Gasteiger partial charge in [0.05, 0.1) is 27.9 Å². The summed E-state index contributed by atoms with van der Waals surface area (Å²) in [6.07, 6.45) is 3.12. The number of carbonyl (C=O) groups is 1. The van der Waals surface area contributed by atoms with Crippen molar-refractivity contribution < 1.29 is 23.7 Å². The molecule has 0 aliphatic rings. The summed E-state index contributed by atoms with van der Waals surface area (Å²) in [6.45, 7) is 5.04. The molecule has 0 aliphatic heterocycles. The molecule has 156 valence electrons. The highest BCUT2D eigenvalue weighted by Crippen LogP contribution is 2.40. The summed E-state index contributed by atoms with van der Waals surface area (Å²) in [5, 5.41) is 2.81. The van der Waals surface area contributed by atoms with E-state index >= 15 is 0 Å². The molecule has 2 aromatic carbocycles. The molecule has 2 aromatic rings. The number of carbonyl (C=O) groups excluding carboxylic acids is 1. The maximum absolute atomic E-state index is 12.1. The van der Waals surface area contributed by atoms with Crippen LogP contribution in [0.1, 0.15) is 30.9 Å². The minimum atomic E-state index is -0.220. The number of benzene rings is 2. The number of hydrogen-bond acceptors (Lipinski definition) is 5. The number of para-hydroxylation sites is 1. The molecule has 6 heteroatoms. The normalized spacial score (nSPS) is 10.8. The number of nitrogens with one attached hydrogen (secondary N) is 1. The first-order valence-electron chi connectivity index (χ1n) is 9.48. The molecule has 1 N–H and O–H groups in total. The molecule has 0 radical (unpaired) electrons. The van der Waals surface area contributed by atoms with E-state index in [1.165, 1.54) is 13.2 Å². The summed E-state index contributed by atoms with van der Waals surface area (Å²) in [4.78, 5) is 12.1. The molecule has 0 spiro atoms. The number of methoxy groups -OCH3 is 3. The zero-order chi connectivity index (χ0) is 21.2. The molecule has 2 rings (SSSR count). The third kappa shape index (κ3) is 5.91. The lowest BCUT2D eigenvalue weighted by atomic mass is 10.0. The first kappa shape index (κ1) is 22.1. The van der Waals surface area contributed by atoms with E-state index in [1.807, 2.05) is 18.2 Å². The van der Waals surface area contributed by atoms with Crippen molar-refractivity contribution in [1.82, 2.24) is 5.32 Å². The van der Waals surface area contributed by atoms with Gasteiger partial charge in [-0.3, -0.25) is 4.79 Å². The van der Waals surface area contributed by atoms with Crippen molar-refractivity contribution in [1.29, 1.82) is 0 Å². The molecule has 0 fully saturated rings. The molecule has 6 nitrogen and oxygen atoms in total. The summed E-state index contributed by atoms with van der Waals surface area (Å²) in [6, 6.07) is 11.5. The van der Waals surface area contributed by atoms with E-state index in [0.717, 1.165) is 11.3 Å². The van der Waals surface area contributed by atoms with Crippen molar-refractivity contribution in [2.45, 2.75) is 19.8 Å². The predicted octanol–water partition coefficient (Wildman–Crippen LogP) is 4.04. The monoisotopic (exact) mass is 399 g/mol. The Kier molecular flexibility index (Phi) is 8.40. The first-order chi connectivity index (χ1) is 14.0. The van der Waals surface area contributed by atoms with E-state index in [2.05, 4.69) is 25.2 Å². The zero-order valence-corrected chi connectivity index (χ0v) is 17.7. The average molecular weight is 399 g/mol. The second-order valence-electron chi connectivity index (χ2n) is 6.59. The minimum Gasteiger partial charge on any atom is -0.493 e. The third-order valence-electron chi connectivity index (χ3n) is 4.35. The fourth-order valence-corrected chi connectivity index (χ4v) is 2.90. The first-order valence-corrected chi connectivity index (χ1v) is 9.48.